The Morgan fingerprint density at radius 3 is 2.23 bits per heavy atom. The van der Waals surface area contributed by atoms with E-state index in [0.29, 0.717) is 0 Å². The van der Waals surface area contributed by atoms with Crippen LogP contribution in [-0.4, -0.2) is 5.84 Å². The lowest BCUT2D eigenvalue weighted by Crippen LogP contribution is -2.26. The van der Waals surface area contributed by atoms with Crippen LogP contribution < -0.4 is 5.32 Å². The van der Waals surface area contributed by atoms with Crippen molar-refractivity contribution in [3.8, 4) is 11.1 Å². The molecule has 1 heterocycles. The van der Waals surface area contributed by atoms with E-state index in [4.69, 9.17) is 4.99 Å². The van der Waals surface area contributed by atoms with Crippen molar-refractivity contribution < 1.29 is 0 Å². The van der Waals surface area contributed by atoms with Gasteiger partial charge in [0.2, 0.25) is 0 Å². The number of hydrogen-bond donors (Lipinski definition) is 1. The Morgan fingerprint density at radius 2 is 1.49 bits per heavy atom. The minimum Gasteiger partial charge on any atom is -0.344 e. The fraction of sp³-hybridized carbons (Fsp3) is 0.195. The van der Waals surface area contributed by atoms with Crippen LogP contribution in [0.1, 0.15) is 79.8 Å². The number of rotatable bonds is 5. The molecule has 0 fully saturated rings. The summed E-state index contributed by atoms with van der Waals surface area (Å²) in [4.78, 5) is 5.20. The van der Waals surface area contributed by atoms with Gasteiger partial charge in [0.15, 0.2) is 0 Å². The lowest BCUT2D eigenvalue weighted by molar-refractivity contribution is 0.651. The molecule has 1 atom stereocenters. The zero-order valence-electron chi connectivity index (χ0n) is 25.5. The molecule has 4 aromatic rings. The molecule has 1 aliphatic heterocycles. The molecule has 43 heavy (non-hydrogen) atoms. The van der Waals surface area contributed by atoms with Gasteiger partial charge < -0.3 is 5.32 Å². The Hall–Kier alpha value is -4.69. The van der Waals surface area contributed by atoms with E-state index in [0.717, 1.165) is 35.5 Å². The van der Waals surface area contributed by atoms with E-state index in [9.17, 15) is 0 Å². The van der Waals surface area contributed by atoms with Crippen LogP contribution in [0.25, 0.3) is 22.4 Å². The molecule has 3 aliphatic rings. The molecular weight excluding hydrogens is 520 g/mol. The molecule has 2 nitrogen and oxygen atoms in total. The number of amidine groups is 1. The van der Waals surface area contributed by atoms with E-state index < -0.39 is 0 Å². The molecule has 1 N–H and O–H groups in total. The van der Waals surface area contributed by atoms with Gasteiger partial charge >= 0.3 is 0 Å². The van der Waals surface area contributed by atoms with Crippen LogP contribution in [0.3, 0.4) is 0 Å². The molecule has 1 unspecified atom stereocenters. The van der Waals surface area contributed by atoms with Crippen molar-refractivity contribution in [2.45, 2.75) is 51.9 Å². The number of hydrogen-bond acceptors (Lipinski definition) is 2. The summed E-state index contributed by atoms with van der Waals surface area (Å²) in [5.41, 5.74) is 15.7. The van der Waals surface area contributed by atoms with Crippen LogP contribution in [0.5, 0.6) is 0 Å². The van der Waals surface area contributed by atoms with Crippen LogP contribution in [0.2, 0.25) is 0 Å². The van der Waals surface area contributed by atoms with Crippen LogP contribution in [0.15, 0.2) is 138 Å². The van der Waals surface area contributed by atoms with Gasteiger partial charge in [-0.25, -0.2) is 4.99 Å². The maximum atomic E-state index is 5.20. The lowest BCUT2D eigenvalue weighted by Gasteiger charge is -2.25. The average molecular weight is 559 g/mol. The van der Waals surface area contributed by atoms with Gasteiger partial charge in [-0.1, -0.05) is 129 Å². The minimum absolute atomic E-state index is 0.0240. The first-order valence-corrected chi connectivity index (χ1v) is 15.4. The predicted octanol–water partition coefficient (Wildman–Crippen LogP) is 10.2. The summed E-state index contributed by atoms with van der Waals surface area (Å²) in [5.74, 6) is 1.16. The van der Waals surface area contributed by atoms with Crippen LogP contribution in [0, 0.1) is 0 Å². The Kier molecular flexibility index (Phi) is 6.86. The largest absolute Gasteiger partial charge is 0.344 e. The van der Waals surface area contributed by atoms with Crippen molar-refractivity contribution in [2.24, 2.45) is 4.99 Å². The molecule has 7 rings (SSSR count). The fourth-order valence-corrected chi connectivity index (χ4v) is 7.25. The molecule has 212 valence electrons. The van der Waals surface area contributed by atoms with Gasteiger partial charge in [0.05, 0.1) is 5.70 Å². The highest BCUT2D eigenvalue weighted by Gasteiger charge is 2.38. The van der Waals surface area contributed by atoms with E-state index in [1.807, 2.05) is 0 Å². The molecule has 0 spiro atoms. The van der Waals surface area contributed by atoms with Crippen molar-refractivity contribution in [3.63, 3.8) is 0 Å². The van der Waals surface area contributed by atoms with Gasteiger partial charge in [0, 0.05) is 22.6 Å². The summed E-state index contributed by atoms with van der Waals surface area (Å²) in [6, 6.07) is 35.0. The summed E-state index contributed by atoms with van der Waals surface area (Å²) in [5, 5.41) is 3.81. The standard InChI is InChI=1S/C41H38N2/c1-5-15-37-27(2)33-25-35-32-22-13-12-21-31(32)34(36(35)26-38(33)41(37,3)4)24-30-20-14-23-39(28-16-8-6-9-17-28)43-40(42-30)29-18-10-7-11-19-29/h5-13,15-23,25-26,34H,14,24H2,1-4H3,(H,42,43)/b15-5?,30-20-,39-23?. The zero-order valence-corrected chi connectivity index (χ0v) is 25.5. The summed E-state index contributed by atoms with van der Waals surface area (Å²) in [6.45, 7) is 9.16. The van der Waals surface area contributed by atoms with Gasteiger partial charge in [-0.3, -0.25) is 0 Å². The number of aliphatic imine (C=N–C) groups is 1. The Bertz CT molecular complexity index is 1860. The second-order valence-corrected chi connectivity index (χ2v) is 12.4. The third kappa shape index (κ3) is 4.72. The summed E-state index contributed by atoms with van der Waals surface area (Å²) in [6.07, 6.45) is 10.8. The molecule has 0 saturated carbocycles. The second kappa shape index (κ2) is 10.9. The smallest absolute Gasteiger partial charge is 0.138 e. The summed E-state index contributed by atoms with van der Waals surface area (Å²) in [7, 11) is 0. The second-order valence-electron chi connectivity index (χ2n) is 12.4. The van der Waals surface area contributed by atoms with Crippen LogP contribution in [-0.2, 0) is 5.41 Å². The predicted molar refractivity (Wildman–Crippen MR) is 182 cm³/mol. The Labute approximate surface area is 255 Å². The van der Waals surface area contributed by atoms with Crippen molar-refractivity contribution in [1.82, 2.24) is 5.32 Å². The van der Waals surface area contributed by atoms with E-state index in [1.165, 1.54) is 50.2 Å². The quantitative estimate of drug-likeness (QED) is 0.259. The number of nitrogens with one attached hydrogen (secondary N) is 1. The van der Waals surface area contributed by atoms with Gasteiger partial charge in [0.1, 0.15) is 5.84 Å². The molecule has 0 bridgehead atoms. The monoisotopic (exact) mass is 558 g/mol. The molecule has 2 heteroatoms. The van der Waals surface area contributed by atoms with E-state index in [2.05, 4.69) is 154 Å². The van der Waals surface area contributed by atoms with Gasteiger partial charge in [-0.2, -0.15) is 0 Å². The van der Waals surface area contributed by atoms with Crippen molar-refractivity contribution >= 4 is 17.1 Å². The van der Waals surface area contributed by atoms with Crippen LogP contribution in [0.4, 0.5) is 0 Å². The van der Waals surface area contributed by atoms with Crippen molar-refractivity contribution in [2.75, 3.05) is 0 Å². The van der Waals surface area contributed by atoms with Gasteiger partial charge in [0.25, 0.3) is 0 Å². The molecule has 2 aliphatic carbocycles. The lowest BCUT2D eigenvalue weighted by atomic mass is 9.79. The highest BCUT2D eigenvalue weighted by Crippen LogP contribution is 2.54. The van der Waals surface area contributed by atoms with E-state index in [-0.39, 0.29) is 11.3 Å². The third-order valence-electron chi connectivity index (χ3n) is 9.41. The summed E-state index contributed by atoms with van der Waals surface area (Å²) >= 11 is 0. The summed E-state index contributed by atoms with van der Waals surface area (Å²) < 4.78 is 0. The SMILES string of the molecule is CC=CC1=C(C)c2cc3c(cc2C1(C)C)C(C/C1=C/CC=C(c2ccccc2)N=C(c2ccccc2)N1)c1ccccc1-3. The van der Waals surface area contributed by atoms with Crippen molar-refractivity contribution in [1.29, 1.82) is 0 Å². The topological polar surface area (TPSA) is 24.4 Å². The van der Waals surface area contributed by atoms with Crippen molar-refractivity contribution in [3.05, 3.63) is 166 Å². The van der Waals surface area contributed by atoms with E-state index in [1.54, 1.807) is 0 Å². The van der Waals surface area contributed by atoms with Gasteiger partial charge in [-0.15, -0.1) is 0 Å². The minimum atomic E-state index is -0.0240. The Balaban J connectivity index is 1.30. The Morgan fingerprint density at radius 1 is 0.791 bits per heavy atom. The van der Waals surface area contributed by atoms with E-state index >= 15 is 0 Å². The molecular formula is C41H38N2. The first-order chi connectivity index (χ1) is 21.0. The number of fused-ring (bicyclic) bond motifs is 4. The van der Waals surface area contributed by atoms with Crippen LogP contribution >= 0.6 is 0 Å². The molecule has 0 saturated heterocycles. The fourth-order valence-electron chi connectivity index (χ4n) is 7.25. The number of nitrogens with zero attached hydrogens (tertiary/aromatic N) is 1. The molecule has 0 radical (unpaired) electrons. The molecule has 0 aromatic heterocycles. The first-order valence-electron chi connectivity index (χ1n) is 15.4. The normalized spacial score (nSPS) is 19.8. The highest BCUT2D eigenvalue weighted by molar-refractivity contribution is 6.03. The highest BCUT2D eigenvalue weighted by atomic mass is 15.0. The zero-order chi connectivity index (χ0) is 29.6. The average Bonchev–Trinajstić information content (AvgIpc) is 3.42. The number of benzene rings is 4. The van der Waals surface area contributed by atoms with Gasteiger partial charge in [-0.05, 0) is 82.8 Å². The first kappa shape index (κ1) is 27.2. The molecule has 0 amide bonds. The number of allylic oxidation sites excluding steroid dienone is 7. The third-order valence-corrected chi connectivity index (χ3v) is 9.41. The molecule has 4 aromatic carbocycles. The maximum absolute atomic E-state index is 5.20. The maximum Gasteiger partial charge on any atom is 0.138 e.